The maximum Gasteiger partial charge on any atom is 0.283 e. The topological polar surface area (TPSA) is 75.6 Å². The largest absolute Gasteiger partial charge is 0.459 e. The molecule has 2 fully saturated rings. The second-order valence-electron chi connectivity index (χ2n) is 7.04. The second-order valence-corrected chi connectivity index (χ2v) is 7.04. The maximum absolute atomic E-state index is 11.9. The van der Waals surface area contributed by atoms with Crippen molar-refractivity contribution in [3.8, 4) is 11.7 Å². The number of aryl methyl sites for hydroxylation is 1. The SMILES string of the molecule is CC(=O)N1CCC[C@@H]1[C@H]1CCCN1Cc1nnc(-c2occc2C)o1. The molecular formula is C18H24N4O3. The molecule has 4 rings (SSSR count). The number of carbonyl (C=O) groups excluding carboxylic acids is 1. The number of nitrogens with zero attached hydrogens (tertiary/aromatic N) is 4. The molecule has 2 aliphatic heterocycles. The van der Waals surface area contributed by atoms with Crippen LogP contribution in [0.1, 0.15) is 44.1 Å². The van der Waals surface area contributed by atoms with E-state index in [2.05, 4.69) is 15.1 Å². The van der Waals surface area contributed by atoms with Gasteiger partial charge < -0.3 is 13.7 Å². The summed E-state index contributed by atoms with van der Waals surface area (Å²) in [7, 11) is 0. The van der Waals surface area contributed by atoms with Crippen molar-refractivity contribution >= 4 is 5.91 Å². The minimum absolute atomic E-state index is 0.183. The quantitative estimate of drug-likeness (QED) is 0.849. The fourth-order valence-electron chi connectivity index (χ4n) is 4.24. The van der Waals surface area contributed by atoms with Crippen molar-refractivity contribution in [2.75, 3.05) is 13.1 Å². The predicted molar refractivity (Wildman–Crippen MR) is 90.6 cm³/mol. The Bertz CT molecular complexity index is 753. The molecule has 1 amide bonds. The van der Waals surface area contributed by atoms with Crippen molar-refractivity contribution in [3.63, 3.8) is 0 Å². The molecule has 7 nitrogen and oxygen atoms in total. The van der Waals surface area contributed by atoms with Crippen LogP contribution < -0.4 is 0 Å². The normalized spacial score (nSPS) is 24.3. The van der Waals surface area contributed by atoms with E-state index in [-0.39, 0.29) is 5.91 Å². The highest BCUT2D eigenvalue weighted by Crippen LogP contribution is 2.31. The summed E-state index contributed by atoms with van der Waals surface area (Å²) in [4.78, 5) is 16.3. The maximum atomic E-state index is 11.9. The van der Waals surface area contributed by atoms with E-state index in [4.69, 9.17) is 8.83 Å². The highest BCUT2D eigenvalue weighted by molar-refractivity contribution is 5.74. The van der Waals surface area contributed by atoms with E-state index in [0.717, 1.165) is 44.3 Å². The van der Waals surface area contributed by atoms with Crippen LogP contribution in [0.4, 0.5) is 0 Å². The number of furan rings is 1. The van der Waals surface area contributed by atoms with Crippen molar-refractivity contribution in [3.05, 3.63) is 23.8 Å². The van der Waals surface area contributed by atoms with Crippen LogP contribution in [0.2, 0.25) is 0 Å². The van der Waals surface area contributed by atoms with E-state index in [0.29, 0.717) is 36.2 Å². The van der Waals surface area contributed by atoms with Gasteiger partial charge in [-0.3, -0.25) is 9.69 Å². The predicted octanol–water partition coefficient (Wildman–Crippen LogP) is 2.61. The van der Waals surface area contributed by atoms with E-state index in [1.807, 2.05) is 17.9 Å². The molecule has 0 N–H and O–H groups in total. The molecule has 2 aliphatic rings. The van der Waals surface area contributed by atoms with Gasteiger partial charge in [0.25, 0.3) is 5.89 Å². The molecule has 25 heavy (non-hydrogen) atoms. The number of rotatable bonds is 4. The van der Waals surface area contributed by atoms with Crippen molar-refractivity contribution < 1.29 is 13.6 Å². The Hall–Kier alpha value is -2.15. The summed E-state index contributed by atoms with van der Waals surface area (Å²) in [5.41, 5.74) is 0.984. The van der Waals surface area contributed by atoms with E-state index in [9.17, 15) is 4.79 Å². The molecule has 0 spiro atoms. The molecule has 0 bridgehead atoms. The molecule has 0 unspecified atom stereocenters. The lowest BCUT2D eigenvalue weighted by Gasteiger charge is -2.33. The van der Waals surface area contributed by atoms with Gasteiger partial charge in [-0.25, -0.2) is 0 Å². The van der Waals surface area contributed by atoms with Gasteiger partial charge in [0.1, 0.15) is 0 Å². The van der Waals surface area contributed by atoms with E-state index in [1.54, 1.807) is 13.2 Å². The molecule has 2 aromatic heterocycles. The van der Waals surface area contributed by atoms with Gasteiger partial charge in [-0.05, 0) is 45.2 Å². The third-order valence-corrected chi connectivity index (χ3v) is 5.42. The van der Waals surface area contributed by atoms with Crippen LogP contribution in [0, 0.1) is 6.92 Å². The molecular weight excluding hydrogens is 320 g/mol. The van der Waals surface area contributed by atoms with Gasteiger partial charge >= 0.3 is 0 Å². The Labute approximate surface area is 147 Å². The monoisotopic (exact) mass is 344 g/mol. The summed E-state index contributed by atoms with van der Waals surface area (Å²) < 4.78 is 11.2. The summed E-state index contributed by atoms with van der Waals surface area (Å²) in [5.74, 6) is 1.85. The first kappa shape index (κ1) is 16.3. The van der Waals surface area contributed by atoms with Crippen molar-refractivity contribution in [2.24, 2.45) is 0 Å². The van der Waals surface area contributed by atoms with Gasteiger partial charge in [0.05, 0.1) is 12.8 Å². The summed E-state index contributed by atoms with van der Waals surface area (Å²) in [6.07, 6.45) is 6.07. The zero-order valence-electron chi connectivity index (χ0n) is 14.8. The smallest absolute Gasteiger partial charge is 0.283 e. The average molecular weight is 344 g/mol. The number of carbonyl (C=O) groups is 1. The van der Waals surface area contributed by atoms with E-state index >= 15 is 0 Å². The molecule has 0 aromatic carbocycles. The highest BCUT2D eigenvalue weighted by atomic mass is 16.4. The fourth-order valence-corrected chi connectivity index (χ4v) is 4.24. The minimum atomic E-state index is 0.183. The lowest BCUT2D eigenvalue weighted by atomic mass is 10.0. The molecule has 4 heterocycles. The Balaban J connectivity index is 1.48. The molecule has 134 valence electrons. The number of hydrogen-bond donors (Lipinski definition) is 0. The lowest BCUT2D eigenvalue weighted by Crippen LogP contribution is -2.47. The van der Waals surface area contributed by atoms with Crippen LogP contribution in [-0.2, 0) is 11.3 Å². The molecule has 2 saturated heterocycles. The Morgan fingerprint density at radius 2 is 2.04 bits per heavy atom. The highest BCUT2D eigenvalue weighted by Gasteiger charge is 2.39. The Morgan fingerprint density at radius 3 is 2.80 bits per heavy atom. The molecule has 0 radical (unpaired) electrons. The fraction of sp³-hybridized carbons (Fsp3) is 0.611. The third kappa shape index (κ3) is 3.08. The molecule has 0 saturated carbocycles. The van der Waals surface area contributed by atoms with Crippen LogP contribution in [-0.4, -0.2) is 51.1 Å². The van der Waals surface area contributed by atoms with Crippen molar-refractivity contribution in [2.45, 2.75) is 58.2 Å². The average Bonchev–Trinajstić information content (AvgIpc) is 3.33. The summed E-state index contributed by atoms with van der Waals surface area (Å²) in [6.45, 7) is 6.14. The first-order valence-electron chi connectivity index (χ1n) is 9.01. The van der Waals surface area contributed by atoms with E-state index in [1.165, 1.54) is 0 Å². The zero-order chi connectivity index (χ0) is 17.4. The molecule has 2 aromatic rings. The van der Waals surface area contributed by atoms with Crippen LogP contribution >= 0.6 is 0 Å². The van der Waals surface area contributed by atoms with Gasteiger partial charge in [-0.2, -0.15) is 0 Å². The number of likely N-dealkylation sites (tertiary alicyclic amines) is 2. The van der Waals surface area contributed by atoms with Gasteiger partial charge in [-0.1, -0.05) is 0 Å². The summed E-state index contributed by atoms with van der Waals surface area (Å²) in [6, 6.07) is 2.58. The van der Waals surface area contributed by atoms with Crippen LogP contribution in [0.25, 0.3) is 11.7 Å². The van der Waals surface area contributed by atoms with Crippen molar-refractivity contribution in [1.29, 1.82) is 0 Å². The zero-order valence-corrected chi connectivity index (χ0v) is 14.8. The molecule has 0 aliphatic carbocycles. The summed E-state index contributed by atoms with van der Waals surface area (Å²) >= 11 is 0. The Morgan fingerprint density at radius 1 is 1.24 bits per heavy atom. The standard InChI is InChI=1S/C18H24N4O3/c1-12-7-10-24-17(12)18-20-19-16(25-18)11-21-8-3-5-14(21)15-6-4-9-22(15)13(2)23/h7,10,14-15H,3-6,8-9,11H2,1-2H3/t14-,15-/m1/s1. The first-order valence-corrected chi connectivity index (χ1v) is 9.01. The number of amides is 1. The van der Waals surface area contributed by atoms with Crippen LogP contribution in [0.5, 0.6) is 0 Å². The minimum Gasteiger partial charge on any atom is -0.459 e. The van der Waals surface area contributed by atoms with Gasteiger partial charge in [0.15, 0.2) is 5.76 Å². The van der Waals surface area contributed by atoms with Crippen LogP contribution in [0.3, 0.4) is 0 Å². The van der Waals surface area contributed by atoms with Crippen molar-refractivity contribution in [1.82, 2.24) is 20.0 Å². The molecule has 7 heteroatoms. The van der Waals surface area contributed by atoms with Crippen LogP contribution in [0.15, 0.2) is 21.2 Å². The number of aromatic nitrogens is 2. The van der Waals surface area contributed by atoms with Gasteiger partial charge in [0, 0.05) is 31.1 Å². The number of hydrogen-bond acceptors (Lipinski definition) is 6. The third-order valence-electron chi connectivity index (χ3n) is 5.42. The second kappa shape index (κ2) is 6.63. The first-order chi connectivity index (χ1) is 12.1. The van der Waals surface area contributed by atoms with E-state index < -0.39 is 0 Å². The Kier molecular flexibility index (Phi) is 4.33. The summed E-state index contributed by atoms with van der Waals surface area (Å²) in [5, 5.41) is 8.32. The van der Waals surface area contributed by atoms with Gasteiger partial charge in [0.2, 0.25) is 11.8 Å². The van der Waals surface area contributed by atoms with Gasteiger partial charge in [-0.15, -0.1) is 10.2 Å². The lowest BCUT2D eigenvalue weighted by molar-refractivity contribution is -0.130. The molecule has 2 atom stereocenters.